The molecule has 4 rings (SSSR count). The minimum atomic E-state index is -0.544. The summed E-state index contributed by atoms with van der Waals surface area (Å²) in [6, 6.07) is 11.7. The van der Waals surface area contributed by atoms with Gasteiger partial charge in [0.25, 0.3) is 0 Å². The van der Waals surface area contributed by atoms with E-state index in [1.54, 1.807) is 21.0 Å². The zero-order chi connectivity index (χ0) is 30.8. The van der Waals surface area contributed by atoms with Crippen LogP contribution in [0.15, 0.2) is 47.2 Å². The smallest absolute Gasteiger partial charge is 0.310 e. The maximum absolute atomic E-state index is 12.6. The molecule has 10 nitrogen and oxygen atoms in total. The van der Waals surface area contributed by atoms with Gasteiger partial charge in [0.15, 0.2) is 11.5 Å². The van der Waals surface area contributed by atoms with E-state index < -0.39 is 5.92 Å². The van der Waals surface area contributed by atoms with E-state index in [9.17, 15) is 9.59 Å². The van der Waals surface area contributed by atoms with E-state index >= 15 is 0 Å². The fourth-order valence-corrected chi connectivity index (χ4v) is 5.92. The highest BCUT2D eigenvalue weighted by molar-refractivity contribution is 9.10. The molecule has 1 fully saturated rings. The zero-order valence-corrected chi connectivity index (χ0v) is 26.9. The first-order chi connectivity index (χ1) is 20.8. The van der Waals surface area contributed by atoms with Gasteiger partial charge < -0.3 is 29.2 Å². The number of hydrogen-bond donors (Lipinski definition) is 1. The molecule has 1 saturated heterocycles. The van der Waals surface area contributed by atoms with E-state index in [1.807, 2.05) is 36.4 Å². The van der Waals surface area contributed by atoms with Crippen LogP contribution in [0.1, 0.15) is 46.5 Å². The van der Waals surface area contributed by atoms with Crippen molar-refractivity contribution in [1.82, 2.24) is 14.9 Å². The summed E-state index contributed by atoms with van der Waals surface area (Å²) in [7, 11) is 1.63. The molecule has 1 aliphatic rings. The van der Waals surface area contributed by atoms with Crippen LogP contribution < -0.4 is 14.8 Å². The van der Waals surface area contributed by atoms with E-state index in [2.05, 4.69) is 43.0 Å². The number of carbonyl (C=O) groups excluding carboxylic acids is 2. The summed E-state index contributed by atoms with van der Waals surface area (Å²) in [5, 5.41) is 4.22. The second kappa shape index (κ2) is 15.9. The third kappa shape index (κ3) is 8.79. The van der Waals surface area contributed by atoms with Gasteiger partial charge in [0, 0.05) is 28.2 Å². The van der Waals surface area contributed by atoms with Crippen LogP contribution in [0.3, 0.4) is 0 Å². The first kappa shape index (κ1) is 32.5. The average molecular weight is 658 g/mol. The number of likely N-dealkylation sites (tertiary alicyclic amines) is 1. The summed E-state index contributed by atoms with van der Waals surface area (Å²) < 4.78 is 23.7. The molecule has 11 heteroatoms. The van der Waals surface area contributed by atoms with Crippen LogP contribution in [0.25, 0.3) is 10.9 Å². The van der Waals surface area contributed by atoms with Crippen molar-refractivity contribution in [3.05, 3.63) is 47.2 Å². The normalized spacial score (nSPS) is 15.5. The third-order valence-electron chi connectivity index (χ3n) is 7.66. The molecule has 0 bridgehead atoms. The van der Waals surface area contributed by atoms with Crippen LogP contribution in [0.5, 0.6) is 11.5 Å². The number of nitrogens with one attached hydrogen (secondary N) is 1. The van der Waals surface area contributed by atoms with Crippen molar-refractivity contribution in [2.45, 2.75) is 52.6 Å². The lowest BCUT2D eigenvalue weighted by atomic mass is 9.89. The predicted molar refractivity (Wildman–Crippen MR) is 169 cm³/mol. The standard InChI is InChI=1S/C32H41BrN4O6/c1-5-27(21-11-13-37(14-12-21)19-22(32(39)42-7-3)15-30(38)41-6-2)43-29-17-25-26(18-28(29)40-4)34-20-35-31(25)36-24-10-8-9-23(33)16-24/h8-10,16-18,20-22,27H,5-7,11-15,19H2,1-4H3,(H,34,35,36). The molecule has 3 aromatic rings. The Balaban J connectivity index is 1.45. The summed E-state index contributed by atoms with van der Waals surface area (Å²) in [5.74, 6) is 0.987. The van der Waals surface area contributed by atoms with E-state index in [1.165, 1.54) is 6.33 Å². The van der Waals surface area contributed by atoms with E-state index in [0.717, 1.165) is 53.4 Å². The van der Waals surface area contributed by atoms with Gasteiger partial charge in [-0.3, -0.25) is 9.59 Å². The first-order valence-electron chi connectivity index (χ1n) is 14.9. The number of rotatable bonds is 14. The number of aromatic nitrogens is 2. The lowest BCUT2D eigenvalue weighted by Gasteiger charge is -2.37. The number of carbonyl (C=O) groups is 2. The van der Waals surface area contributed by atoms with E-state index in [-0.39, 0.29) is 37.7 Å². The number of halogens is 1. The molecule has 2 unspecified atom stereocenters. The Bertz CT molecular complexity index is 1380. The van der Waals surface area contributed by atoms with Gasteiger partial charge in [0.1, 0.15) is 18.2 Å². The lowest BCUT2D eigenvalue weighted by Crippen LogP contribution is -2.43. The number of ether oxygens (including phenoxy) is 4. The number of esters is 2. The van der Waals surface area contributed by atoms with Crippen molar-refractivity contribution in [1.29, 1.82) is 0 Å². The summed E-state index contributed by atoms with van der Waals surface area (Å²) in [5.41, 5.74) is 1.65. The van der Waals surface area contributed by atoms with Gasteiger partial charge in [-0.1, -0.05) is 28.9 Å². The Hall–Kier alpha value is -3.44. The van der Waals surface area contributed by atoms with Gasteiger partial charge in [-0.25, -0.2) is 9.97 Å². The van der Waals surface area contributed by atoms with Crippen molar-refractivity contribution >= 4 is 50.3 Å². The molecule has 2 heterocycles. The van der Waals surface area contributed by atoms with Crippen LogP contribution in [0.2, 0.25) is 0 Å². The van der Waals surface area contributed by atoms with Gasteiger partial charge in [-0.15, -0.1) is 0 Å². The van der Waals surface area contributed by atoms with Crippen molar-refractivity contribution < 1.29 is 28.5 Å². The summed E-state index contributed by atoms with van der Waals surface area (Å²) in [4.78, 5) is 35.9. The molecule has 0 spiro atoms. The Labute approximate surface area is 261 Å². The molecule has 0 aliphatic carbocycles. The number of benzene rings is 2. The highest BCUT2D eigenvalue weighted by Crippen LogP contribution is 2.37. The van der Waals surface area contributed by atoms with E-state index in [4.69, 9.17) is 18.9 Å². The molecule has 1 N–H and O–H groups in total. The molecule has 1 aromatic heterocycles. The van der Waals surface area contributed by atoms with Crippen LogP contribution in [-0.2, 0) is 19.1 Å². The predicted octanol–water partition coefficient (Wildman–Crippen LogP) is 6.15. The number of piperidine rings is 1. The van der Waals surface area contributed by atoms with Crippen molar-refractivity contribution in [2.24, 2.45) is 11.8 Å². The van der Waals surface area contributed by atoms with Crippen molar-refractivity contribution in [3.8, 4) is 11.5 Å². The van der Waals surface area contributed by atoms with Gasteiger partial charge in [-0.05, 0) is 76.4 Å². The maximum atomic E-state index is 12.6. The molecule has 2 atom stereocenters. The van der Waals surface area contributed by atoms with Crippen LogP contribution in [0.4, 0.5) is 11.5 Å². The Morgan fingerprint density at radius 1 is 1.05 bits per heavy atom. The summed E-state index contributed by atoms with van der Waals surface area (Å²) in [6.07, 6.45) is 4.17. The molecule has 0 radical (unpaired) electrons. The minimum absolute atomic E-state index is 0.0250. The summed E-state index contributed by atoms with van der Waals surface area (Å²) in [6.45, 7) is 8.29. The molecule has 2 aromatic carbocycles. The van der Waals surface area contributed by atoms with Crippen LogP contribution in [-0.4, -0.2) is 72.9 Å². The monoisotopic (exact) mass is 656 g/mol. The second-order valence-corrected chi connectivity index (χ2v) is 11.5. The number of methoxy groups -OCH3 is 1. The van der Waals surface area contributed by atoms with Crippen LogP contribution in [0, 0.1) is 11.8 Å². The quantitative estimate of drug-likeness (QED) is 0.203. The third-order valence-corrected chi connectivity index (χ3v) is 8.16. The number of nitrogens with zero attached hydrogens (tertiary/aromatic N) is 3. The highest BCUT2D eigenvalue weighted by Gasteiger charge is 2.32. The molecular formula is C32H41BrN4O6. The van der Waals surface area contributed by atoms with Crippen molar-refractivity contribution in [3.63, 3.8) is 0 Å². The molecule has 0 amide bonds. The largest absolute Gasteiger partial charge is 0.493 e. The maximum Gasteiger partial charge on any atom is 0.310 e. The van der Waals surface area contributed by atoms with E-state index in [0.29, 0.717) is 29.8 Å². The number of anilines is 2. The Morgan fingerprint density at radius 3 is 2.49 bits per heavy atom. The second-order valence-electron chi connectivity index (χ2n) is 10.5. The minimum Gasteiger partial charge on any atom is -0.493 e. The number of fused-ring (bicyclic) bond motifs is 1. The van der Waals surface area contributed by atoms with Crippen molar-refractivity contribution in [2.75, 3.05) is 45.3 Å². The summed E-state index contributed by atoms with van der Waals surface area (Å²) >= 11 is 3.52. The Kier molecular flexibility index (Phi) is 12.0. The molecule has 0 saturated carbocycles. The van der Waals surface area contributed by atoms with Gasteiger partial charge >= 0.3 is 11.9 Å². The fourth-order valence-electron chi connectivity index (χ4n) is 5.52. The lowest BCUT2D eigenvalue weighted by molar-refractivity contribution is -0.155. The topological polar surface area (TPSA) is 112 Å². The van der Waals surface area contributed by atoms with Gasteiger partial charge in [0.2, 0.25) is 0 Å². The first-order valence-corrected chi connectivity index (χ1v) is 15.7. The molecule has 1 aliphatic heterocycles. The Morgan fingerprint density at radius 2 is 1.81 bits per heavy atom. The van der Waals surface area contributed by atoms with Gasteiger partial charge in [-0.2, -0.15) is 0 Å². The fraction of sp³-hybridized carbons (Fsp3) is 0.500. The molecular weight excluding hydrogens is 616 g/mol. The number of hydrogen-bond acceptors (Lipinski definition) is 10. The molecule has 43 heavy (non-hydrogen) atoms. The SMILES string of the molecule is CCOC(=O)CC(CN1CCC(C(CC)Oc2cc3c(Nc4cccc(Br)c4)ncnc3cc2OC)CC1)C(=O)OCC. The van der Waals surface area contributed by atoms with Gasteiger partial charge in [0.05, 0.1) is 38.2 Å². The highest BCUT2D eigenvalue weighted by atomic mass is 79.9. The molecule has 232 valence electrons. The zero-order valence-electron chi connectivity index (χ0n) is 25.3. The average Bonchev–Trinajstić information content (AvgIpc) is 3.00. The van der Waals surface area contributed by atoms with Crippen LogP contribution >= 0.6 is 15.9 Å².